The van der Waals surface area contributed by atoms with E-state index in [1.54, 1.807) is 0 Å². The molecule has 0 N–H and O–H groups in total. The number of para-hydroxylation sites is 8. The van der Waals surface area contributed by atoms with E-state index in [4.69, 9.17) is 29.9 Å². The second kappa shape index (κ2) is 33.6. The first-order valence-electron chi connectivity index (χ1n) is 51.0. The van der Waals surface area contributed by atoms with Crippen molar-refractivity contribution in [2.24, 2.45) is 0 Å². The molecule has 0 atom stereocenters. The van der Waals surface area contributed by atoms with Crippen molar-refractivity contribution in [3.63, 3.8) is 0 Å². The van der Waals surface area contributed by atoms with Gasteiger partial charge in [-0.25, -0.2) is 29.9 Å². The van der Waals surface area contributed by atoms with Crippen LogP contribution in [0, 0.1) is 0 Å². The molecule has 150 heavy (non-hydrogen) atoms. The van der Waals surface area contributed by atoms with Crippen molar-refractivity contribution in [2.45, 2.75) is 0 Å². The Morgan fingerprint density at radius 1 is 0.0933 bits per heavy atom. The zero-order chi connectivity index (χ0) is 98.3. The van der Waals surface area contributed by atoms with E-state index in [2.05, 4.69) is 464 Å². The van der Waals surface area contributed by atoms with Crippen LogP contribution < -0.4 is 0 Å². The molecule has 696 valence electrons. The predicted octanol–water partition coefficient (Wildman–Crippen LogP) is 35.2. The first-order valence-corrected chi connectivity index (χ1v) is 51.0. The van der Waals surface area contributed by atoms with E-state index < -0.39 is 0 Å². The summed E-state index contributed by atoms with van der Waals surface area (Å²) < 4.78 is 14.6. The molecular formula is C138H84N12. The molecule has 0 bridgehead atoms. The summed E-state index contributed by atoms with van der Waals surface area (Å²) in [6, 6.07) is 184. The maximum absolute atomic E-state index is 5.16. The first kappa shape index (κ1) is 84.2. The number of hydrogen-bond acceptors (Lipinski definition) is 6. The minimum Gasteiger partial charge on any atom is -0.309 e. The van der Waals surface area contributed by atoms with E-state index in [-0.39, 0.29) is 0 Å². The Kier molecular flexibility index (Phi) is 18.9. The maximum Gasteiger partial charge on any atom is 0.164 e. The highest BCUT2D eigenvalue weighted by Gasteiger charge is 2.27. The van der Waals surface area contributed by atoms with E-state index in [9.17, 15) is 0 Å². The summed E-state index contributed by atoms with van der Waals surface area (Å²) in [4.78, 5) is 30.5. The smallest absolute Gasteiger partial charge is 0.164 e. The SMILES string of the molecule is c1ccc(-c2nc(-c3ccccc3)nc(-c3ccc4c5ccc(-n6c7ccc(-n8c9ccccc9c9ccccc98)cc7c7cc(-n8c9ccccc9c9ccccc98)ccc76)cc5c5ccccc5c4c3)n2)cc1.c1ccc(-c2nc(-c3ccccc3)nc(-c3ccc4c5ccccc5c5ccc(-n6c7ccc(-n8c9ccccc9c9ccccc98)cc7c7cc(-n8c9ccccc9c9ccccc98)ccc76)cc5c4c3)n2)cc1. The van der Waals surface area contributed by atoms with Gasteiger partial charge in [0.15, 0.2) is 34.9 Å². The molecule has 8 aromatic heterocycles. The molecule has 8 heterocycles. The zero-order valence-corrected chi connectivity index (χ0v) is 80.9. The van der Waals surface area contributed by atoms with Crippen molar-refractivity contribution in [3.05, 3.63) is 510 Å². The summed E-state index contributed by atoms with van der Waals surface area (Å²) in [5.41, 5.74) is 26.4. The molecular weight excluding hydrogens is 1830 g/mol. The minimum absolute atomic E-state index is 0.627. The van der Waals surface area contributed by atoms with Crippen LogP contribution in [0.5, 0.6) is 0 Å². The maximum atomic E-state index is 5.16. The van der Waals surface area contributed by atoms with Crippen LogP contribution in [0.3, 0.4) is 0 Å². The Balaban J connectivity index is 0.000000135. The third-order valence-electron chi connectivity index (χ3n) is 30.9. The van der Waals surface area contributed by atoms with Gasteiger partial charge in [0.25, 0.3) is 0 Å². The third kappa shape index (κ3) is 13.2. The van der Waals surface area contributed by atoms with Crippen molar-refractivity contribution in [3.8, 4) is 102 Å². The predicted molar refractivity (Wildman–Crippen MR) is 623 cm³/mol. The standard InChI is InChI=1S/2C69H42N6/c1-3-17-43(18-4-1)67-70-68(44-19-5-2-6-20-44)72-69(71-67)45-31-35-51-52-36-32-46(40-58(52)50-22-8-7-21-49(50)57(51)39-45)75-65-37-33-47(73-61-27-13-9-23-53(61)54-24-10-14-28-62(54)73)41-59(65)60-42-48(34-38-66(60)75)74-63-29-15-11-25-55(63)56-26-12-16-30-64(56)74;1-3-17-43(18-4-1)67-70-68(44-19-5-2-6-20-44)72-69(71-67)45-31-35-51-49-21-7-8-22-50(49)52-36-32-46(40-58(52)57(51)39-45)75-65-37-33-47(73-61-27-13-9-23-53(61)54-24-10-14-28-62(54)73)41-59(65)60-42-48(34-38-66(60)75)74-63-29-15-11-25-55(63)56-26-12-16-30-64(56)74/h2*1-42H. The van der Waals surface area contributed by atoms with Crippen LogP contribution in [0.2, 0.25) is 0 Å². The van der Waals surface area contributed by atoms with Gasteiger partial charge in [0.05, 0.1) is 66.2 Å². The molecule has 0 aliphatic heterocycles. The number of nitrogens with zero attached hydrogens (tertiary/aromatic N) is 12. The van der Waals surface area contributed by atoms with Gasteiger partial charge in [0, 0.05) is 132 Å². The number of hydrogen-bond donors (Lipinski definition) is 0. The Morgan fingerprint density at radius 3 is 0.473 bits per heavy atom. The fourth-order valence-electron chi connectivity index (χ4n) is 24.2. The molecule has 0 spiro atoms. The Morgan fingerprint density at radius 2 is 0.240 bits per heavy atom. The second-order valence-corrected chi connectivity index (χ2v) is 39.1. The summed E-state index contributed by atoms with van der Waals surface area (Å²) in [6.07, 6.45) is 0. The number of benzene rings is 24. The lowest BCUT2D eigenvalue weighted by Crippen LogP contribution is -2.00. The van der Waals surface area contributed by atoms with Gasteiger partial charge in [-0.15, -0.1) is 0 Å². The Bertz CT molecular complexity index is 10600. The molecule has 0 fully saturated rings. The molecule has 0 saturated heterocycles. The van der Waals surface area contributed by atoms with Crippen LogP contribution in [0.15, 0.2) is 510 Å². The fraction of sp³-hybridized carbons (Fsp3) is 0. The summed E-state index contributed by atoms with van der Waals surface area (Å²) in [5, 5.41) is 28.8. The van der Waals surface area contributed by atoms with Gasteiger partial charge in [0.1, 0.15) is 0 Å². The third-order valence-corrected chi connectivity index (χ3v) is 30.9. The van der Waals surface area contributed by atoms with Crippen molar-refractivity contribution < 1.29 is 0 Å². The van der Waals surface area contributed by atoms with Crippen LogP contribution in [-0.4, -0.2) is 57.3 Å². The molecule has 0 amide bonds. The van der Waals surface area contributed by atoms with Crippen molar-refractivity contribution in [1.82, 2.24) is 57.3 Å². The molecule has 32 aromatic rings. The van der Waals surface area contributed by atoms with Crippen LogP contribution in [0.1, 0.15) is 0 Å². The summed E-state index contributed by atoms with van der Waals surface area (Å²) in [5.74, 6) is 3.83. The number of fused-ring (bicyclic) bond motifs is 30. The van der Waals surface area contributed by atoms with E-state index >= 15 is 0 Å². The number of aromatic nitrogens is 12. The van der Waals surface area contributed by atoms with Crippen LogP contribution in [0.25, 0.3) is 298 Å². The lowest BCUT2D eigenvalue weighted by Gasteiger charge is -2.15. The number of rotatable bonds is 12. The van der Waals surface area contributed by atoms with Gasteiger partial charge in [-0.05, 0) is 222 Å². The monoisotopic (exact) mass is 1910 g/mol. The molecule has 32 rings (SSSR count). The molecule has 12 nitrogen and oxygen atoms in total. The van der Waals surface area contributed by atoms with Crippen LogP contribution >= 0.6 is 0 Å². The molecule has 24 aromatic carbocycles. The zero-order valence-electron chi connectivity index (χ0n) is 80.9. The lowest BCUT2D eigenvalue weighted by molar-refractivity contribution is 1.07. The average Bonchev–Trinajstić information content (AvgIpc) is 1.54. The van der Waals surface area contributed by atoms with Crippen molar-refractivity contribution in [1.29, 1.82) is 0 Å². The van der Waals surface area contributed by atoms with Gasteiger partial charge < -0.3 is 27.4 Å². The molecule has 12 heteroatoms. The normalized spacial score (nSPS) is 12.0. The Labute approximate surface area is 858 Å². The lowest BCUT2D eigenvalue weighted by atomic mass is 9.93. The van der Waals surface area contributed by atoms with Gasteiger partial charge in [-0.3, -0.25) is 0 Å². The molecule has 0 aliphatic rings. The largest absolute Gasteiger partial charge is 0.309 e. The quantitative estimate of drug-likeness (QED) is 0.113. The molecule has 0 unspecified atom stereocenters. The highest BCUT2D eigenvalue weighted by Crippen LogP contribution is 2.48. The average molecular weight is 1910 g/mol. The van der Waals surface area contributed by atoms with Gasteiger partial charge in [-0.2, -0.15) is 0 Å². The molecule has 0 radical (unpaired) electrons. The van der Waals surface area contributed by atoms with E-state index in [0.29, 0.717) is 34.9 Å². The highest BCUT2D eigenvalue weighted by molar-refractivity contribution is 6.29. The van der Waals surface area contributed by atoms with E-state index in [1.165, 1.54) is 157 Å². The van der Waals surface area contributed by atoms with Crippen LogP contribution in [-0.2, 0) is 0 Å². The van der Waals surface area contributed by atoms with E-state index in [1.807, 2.05) is 72.8 Å². The summed E-state index contributed by atoms with van der Waals surface area (Å²) in [6.45, 7) is 0. The van der Waals surface area contributed by atoms with E-state index in [0.717, 1.165) is 106 Å². The fourth-order valence-corrected chi connectivity index (χ4v) is 24.2. The topological polar surface area (TPSA) is 107 Å². The van der Waals surface area contributed by atoms with Gasteiger partial charge >= 0.3 is 0 Å². The summed E-state index contributed by atoms with van der Waals surface area (Å²) >= 11 is 0. The van der Waals surface area contributed by atoms with Crippen molar-refractivity contribution >= 4 is 195 Å². The van der Waals surface area contributed by atoms with Gasteiger partial charge in [0.2, 0.25) is 0 Å². The second-order valence-electron chi connectivity index (χ2n) is 39.1. The first-order chi connectivity index (χ1) is 74.4. The van der Waals surface area contributed by atoms with Crippen molar-refractivity contribution in [2.75, 3.05) is 0 Å². The van der Waals surface area contributed by atoms with Crippen LogP contribution in [0.4, 0.5) is 0 Å². The highest BCUT2D eigenvalue weighted by atomic mass is 15.1. The molecule has 0 saturated carbocycles. The van der Waals surface area contributed by atoms with Gasteiger partial charge in [-0.1, -0.05) is 352 Å². The molecule has 0 aliphatic carbocycles. The minimum atomic E-state index is 0.627. The summed E-state index contributed by atoms with van der Waals surface area (Å²) in [7, 11) is 0. The Hall–Kier alpha value is -20.3.